The van der Waals surface area contributed by atoms with Crippen molar-refractivity contribution in [3.8, 4) is 11.4 Å². The molecule has 31 heavy (non-hydrogen) atoms. The molecule has 9 nitrogen and oxygen atoms in total. The molecule has 0 radical (unpaired) electrons. The molecule has 0 aliphatic carbocycles. The highest BCUT2D eigenvalue weighted by Crippen LogP contribution is 2.30. The third-order valence-electron chi connectivity index (χ3n) is 5.25. The molecule has 5 aromatic rings. The fraction of sp³-hybridized carbons (Fsp3) is 0.238. The molecule has 0 saturated carbocycles. The Morgan fingerprint density at radius 3 is 3.00 bits per heavy atom. The summed E-state index contributed by atoms with van der Waals surface area (Å²) in [4.78, 5) is 16.4. The van der Waals surface area contributed by atoms with Crippen LogP contribution in [0.1, 0.15) is 18.7 Å². The van der Waals surface area contributed by atoms with E-state index in [0.717, 1.165) is 10.9 Å². The van der Waals surface area contributed by atoms with E-state index in [9.17, 15) is 5.11 Å². The molecule has 0 aliphatic rings. The van der Waals surface area contributed by atoms with Crippen molar-refractivity contribution in [2.24, 2.45) is 7.05 Å². The summed E-state index contributed by atoms with van der Waals surface area (Å²) in [5, 5.41) is 20.2. The molecule has 0 bridgehead atoms. The lowest BCUT2D eigenvalue weighted by atomic mass is 10.1. The van der Waals surface area contributed by atoms with E-state index >= 15 is 0 Å². The summed E-state index contributed by atoms with van der Waals surface area (Å²) >= 11 is 6.14. The summed E-state index contributed by atoms with van der Waals surface area (Å²) in [6, 6.07) is 5.64. The van der Waals surface area contributed by atoms with Crippen LogP contribution in [-0.2, 0) is 13.6 Å². The Morgan fingerprint density at radius 2 is 2.19 bits per heavy atom. The molecule has 4 aromatic heterocycles. The number of H-pyrrole nitrogens is 1. The van der Waals surface area contributed by atoms with Gasteiger partial charge in [0.05, 0.1) is 18.0 Å². The van der Waals surface area contributed by atoms with E-state index < -0.39 is 6.23 Å². The first-order chi connectivity index (χ1) is 15.0. The summed E-state index contributed by atoms with van der Waals surface area (Å²) in [5.41, 5.74) is 4.08. The van der Waals surface area contributed by atoms with Crippen LogP contribution in [0.2, 0.25) is 5.02 Å². The fourth-order valence-corrected chi connectivity index (χ4v) is 3.94. The van der Waals surface area contributed by atoms with Gasteiger partial charge < -0.3 is 14.7 Å². The molecule has 2 atom stereocenters. The molecule has 0 amide bonds. The van der Waals surface area contributed by atoms with Gasteiger partial charge in [0, 0.05) is 54.2 Å². The molecule has 0 fully saturated rings. The summed E-state index contributed by atoms with van der Waals surface area (Å²) in [5.74, 6) is 0. The summed E-state index contributed by atoms with van der Waals surface area (Å²) in [6.07, 6.45) is 7.87. The number of fused-ring (bicyclic) bond motifs is 2. The maximum atomic E-state index is 10.8. The monoisotopic (exact) mass is 436 g/mol. The van der Waals surface area contributed by atoms with Crippen LogP contribution in [0.5, 0.6) is 0 Å². The van der Waals surface area contributed by atoms with E-state index in [0.29, 0.717) is 39.7 Å². The number of imidazole rings is 1. The fourth-order valence-electron chi connectivity index (χ4n) is 3.78. The summed E-state index contributed by atoms with van der Waals surface area (Å²) in [7, 11) is 1.87. The third kappa shape index (κ3) is 3.67. The number of benzene rings is 1. The highest BCUT2D eigenvalue weighted by atomic mass is 35.5. The third-order valence-corrected chi connectivity index (χ3v) is 5.48. The zero-order chi connectivity index (χ0) is 21.5. The number of aliphatic hydroxyl groups excluding tert-OH is 1. The molecule has 0 aliphatic heterocycles. The van der Waals surface area contributed by atoms with E-state index in [1.54, 1.807) is 29.6 Å². The van der Waals surface area contributed by atoms with E-state index in [1.165, 1.54) is 0 Å². The van der Waals surface area contributed by atoms with Crippen molar-refractivity contribution < 1.29 is 5.11 Å². The minimum absolute atomic E-state index is 0.00905. The molecule has 10 heteroatoms. The minimum atomic E-state index is -0.906. The maximum Gasteiger partial charge on any atom is 0.156 e. The predicted molar refractivity (Wildman–Crippen MR) is 118 cm³/mol. The van der Waals surface area contributed by atoms with Gasteiger partial charge in [0.1, 0.15) is 23.1 Å². The van der Waals surface area contributed by atoms with Crippen LogP contribution in [0.3, 0.4) is 0 Å². The number of aromatic nitrogens is 7. The van der Waals surface area contributed by atoms with Crippen molar-refractivity contribution in [3.05, 3.63) is 59.9 Å². The van der Waals surface area contributed by atoms with Gasteiger partial charge in [0.15, 0.2) is 5.65 Å². The Morgan fingerprint density at radius 1 is 1.32 bits per heavy atom. The van der Waals surface area contributed by atoms with Gasteiger partial charge in [-0.3, -0.25) is 10.00 Å². The van der Waals surface area contributed by atoms with Crippen LogP contribution in [0.4, 0.5) is 0 Å². The Kier molecular flexibility index (Phi) is 4.93. The zero-order valence-electron chi connectivity index (χ0n) is 17.0. The molecule has 4 heterocycles. The van der Waals surface area contributed by atoms with Crippen molar-refractivity contribution in [3.63, 3.8) is 0 Å². The van der Waals surface area contributed by atoms with Crippen LogP contribution >= 0.6 is 11.6 Å². The van der Waals surface area contributed by atoms with Gasteiger partial charge >= 0.3 is 0 Å². The SMILES string of the molecule is C[C@H](Cn1ccnc1)NC(O)c1c[nH]c2ncc(-c3nn(C)c4cc(Cl)ccc34)nc12. The molecular formula is C21H21ClN8O. The van der Waals surface area contributed by atoms with Crippen LogP contribution in [0.15, 0.2) is 49.3 Å². The van der Waals surface area contributed by atoms with Crippen LogP contribution < -0.4 is 5.32 Å². The Balaban J connectivity index is 1.47. The lowest BCUT2D eigenvalue weighted by molar-refractivity contribution is 0.124. The first kappa shape index (κ1) is 19.7. The molecule has 1 aromatic carbocycles. The molecule has 158 valence electrons. The van der Waals surface area contributed by atoms with Gasteiger partial charge in [-0.1, -0.05) is 11.6 Å². The molecule has 0 spiro atoms. The van der Waals surface area contributed by atoms with Gasteiger partial charge in [-0.05, 0) is 25.1 Å². The summed E-state index contributed by atoms with van der Waals surface area (Å²) < 4.78 is 3.73. The normalized spacial score (nSPS) is 13.8. The zero-order valence-corrected chi connectivity index (χ0v) is 17.7. The van der Waals surface area contributed by atoms with E-state index in [4.69, 9.17) is 16.6 Å². The van der Waals surface area contributed by atoms with Gasteiger partial charge in [0.2, 0.25) is 0 Å². The number of hydrogen-bond donors (Lipinski definition) is 3. The Bertz CT molecular complexity index is 1360. The highest BCUT2D eigenvalue weighted by Gasteiger charge is 2.19. The Hall–Kier alpha value is -3.27. The number of aryl methyl sites for hydroxylation is 1. The standard InChI is InChI=1S/C21H21ClN8O/c1-12(10-30-6-5-23-11-30)26-21(31)15-8-24-20-19(15)27-16(9-25-20)18-14-4-3-13(22)7-17(14)29(2)28-18/h3-9,11-12,21,26,31H,10H2,1-2H3,(H,24,25)/t12-,21?/m1/s1. The van der Waals surface area contributed by atoms with Crippen LogP contribution in [0.25, 0.3) is 33.5 Å². The average molecular weight is 437 g/mol. The largest absolute Gasteiger partial charge is 0.374 e. The van der Waals surface area contributed by atoms with E-state index in [1.807, 2.05) is 42.9 Å². The maximum absolute atomic E-state index is 10.8. The molecule has 0 saturated heterocycles. The van der Waals surface area contributed by atoms with Gasteiger partial charge in [0.25, 0.3) is 0 Å². The molecular weight excluding hydrogens is 416 g/mol. The van der Waals surface area contributed by atoms with Gasteiger partial charge in [-0.25, -0.2) is 15.0 Å². The van der Waals surface area contributed by atoms with E-state index in [-0.39, 0.29) is 6.04 Å². The van der Waals surface area contributed by atoms with Crippen molar-refractivity contribution >= 4 is 33.7 Å². The molecule has 5 rings (SSSR count). The smallest absolute Gasteiger partial charge is 0.156 e. The number of hydrogen-bond acceptors (Lipinski definition) is 6. The average Bonchev–Trinajstić information content (AvgIpc) is 3.47. The second kappa shape index (κ2) is 7.77. The second-order valence-corrected chi connectivity index (χ2v) is 8.00. The van der Waals surface area contributed by atoms with E-state index in [2.05, 4.69) is 25.4 Å². The van der Waals surface area contributed by atoms with Crippen LogP contribution in [0, 0.1) is 0 Å². The van der Waals surface area contributed by atoms with Gasteiger partial charge in [-0.15, -0.1) is 0 Å². The highest BCUT2D eigenvalue weighted by molar-refractivity contribution is 6.31. The molecule has 1 unspecified atom stereocenters. The number of aromatic amines is 1. The summed E-state index contributed by atoms with van der Waals surface area (Å²) in [6.45, 7) is 2.68. The lowest BCUT2D eigenvalue weighted by Crippen LogP contribution is -2.33. The van der Waals surface area contributed by atoms with Gasteiger partial charge in [-0.2, -0.15) is 5.10 Å². The van der Waals surface area contributed by atoms with Crippen molar-refractivity contribution in [2.75, 3.05) is 0 Å². The predicted octanol–water partition coefficient (Wildman–Crippen LogP) is 3.03. The van der Waals surface area contributed by atoms with Crippen LogP contribution in [-0.4, -0.2) is 45.4 Å². The van der Waals surface area contributed by atoms with Crippen molar-refractivity contribution in [2.45, 2.75) is 25.7 Å². The number of rotatable bonds is 6. The second-order valence-electron chi connectivity index (χ2n) is 7.56. The first-order valence-electron chi connectivity index (χ1n) is 9.86. The number of nitrogens with one attached hydrogen (secondary N) is 2. The Labute approximate surface area is 182 Å². The number of halogens is 1. The number of aliphatic hydroxyl groups is 1. The molecule has 3 N–H and O–H groups in total. The van der Waals surface area contributed by atoms with Crippen molar-refractivity contribution in [1.82, 2.24) is 39.6 Å². The lowest BCUT2D eigenvalue weighted by Gasteiger charge is -2.19. The first-order valence-corrected chi connectivity index (χ1v) is 10.2. The van der Waals surface area contributed by atoms with Crippen molar-refractivity contribution in [1.29, 1.82) is 0 Å². The number of nitrogens with zero attached hydrogens (tertiary/aromatic N) is 6. The topological polar surface area (TPSA) is 109 Å². The minimum Gasteiger partial charge on any atom is -0.374 e. The quantitative estimate of drug-likeness (QED) is 0.353.